The standard InChI is InChI=1S/C14H15N5O2/c20-12-14(4-6-15-7-5-14)17-13(21)19(12)11-3-1-2-10-16-8-9-18(10)11/h1-3,8-9,15H,4-7H2,(H,17,21). The summed E-state index contributed by atoms with van der Waals surface area (Å²) < 4.78 is 1.75. The molecule has 2 fully saturated rings. The number of imidazole rings is 1. The maximum atomic E-state index is 12.8. The summed E-state index contributed by atoms with van der Waals surface area (Å²) in [5.74, 6) is 0.359. The van der Waals surface area contributed by atoms with Crippen LogP contribution in [0.5, 0.6) is 0 Å². The van der Waals surface area contributed by atoms with Crippen LogP contribution in [-0.2, 0) is 4.79 Å². The molecule has 0 bridgehead atoms. The van der Waals surface area contributed by atoms with Crippen LogP contribution in [0.2, 0.25) is 0 Å². The van der Waals surface area contributed by atoms with E-state index in [0.717, 1.165) is 13.1 Å². The molecule has 0 aliphatic carbocycles. The van der Waals surface area contributed by atoms with E-state index in [0.29, 0.717) is 24.3 Å². The molecule has 2 aliphatic heterocycles. The maximum absolute atomic E-state index is 12.8. The van der Waals surface area contributed by atoms with Gasteiger partial charge in [0.15, 0.2) is 0 Å². The van der Waals surface area contributed by atoms with Gasteiger partial charge in [-0.1, -0.05) is 6.07 Å². The fourth-order valence-corrected chi connectivity index (χ4v) is 3.14. The van der Waals surface area contributed by atoms with Crippen LogP contribution >= 0.6 is 0 Å². The van der Waals surface area contributed by atoms with Crippen LogP contribution in [0.1, 0.15) is 12.8 Å². The fourth-order valence-electron chi connectivity index (χ4n) is 3.14. The Labute approximate surface area is 120 Å². The van der Waals surface area contributed by atoms with Crippen LogP contribution < -0.4 is 15.5 Å². The van der Waals surface area contributed by atoms with Crippen LogP contribution in [0.3, 0.4) is 0 Å². The monoisotopic (exact) mass is 285 g/mol. The molecule has 0 saturated carbocycles. The zero-order valence-corrected chi connectivity index (χ0v) is 11.4. The summed E-state index contributed by atoms with van der Waals surface area (Å²) in [5.41, 5.74) is -0.0511. The Balaban J connectivity index is 1.80. The van der Waals surface area contributed by atoms with Gasteiger partial charge in [-0.15, -0.1) is 0 Å². The van der Waals surface area contributed by atoms with Crippen molar-refractivity contribution >= 4 is 23.4 Å². The Morgan fingerprint density at radius 2 is 2.00 bits per heavy atom. The Hall–Kier alpha value is -2.41. The largest absolute Gasteiger partial charge is 0.330 e. The quantitative estimate of drug-likeness (QED) is 0.748. The number of hydrogen-bond donors (Lipinski definition) is 2. The minimum Gasteiger partial charge on any atom is -0.323 e. The SMILES string of the molecule is O=C1NC2(CCNCC2)C(=O)N1c1cccc2nccn12. The fraction of sp³-hybridized carbons (Fsp3) is 0.357. The molecule has 0 aromatic carbocycles. The number of amides is 3. The Morgan fingerprint density at radius 1 is 1.19 bits per heavy atom. The van der Waals surface area contributed by atoms with Crippen molar-refractivity contribution in [3.63, 3.8) is 0 Å². The highest BCUT2D eigenvalue weighted by Gasteiger charge is 2.52. The predicted molar refractivity (Wildman–Crippen MR) is 76.0 cm³/mol. The second-order valence-corrected chi connectivity index (χ2v) is 5.44. The number of rotatable bonds is 1. The summed E-state index contributed by atoms with van der Waals surface area (Å²) in [6.45, 7) is 1.46. The third-order valence-electron chi connectivity index (χ3n) is 4.25. The number of carbonyl (C=O) groups excluding carboxylic acids is 2. The molecule has 2 aromatic heterocycles. The van der Waals surface area contributed by atoms with Crippen molar-refractivity contribution in [2.45, 2.75) is 18.4 Å². The summed E-state index contributed by atoms with van der Waals surface area (Å²) in [6, 6.07) is 5.03. The molecule has 4 rings (SSSR count). The second kappa shape index (κ2) is 4.29. The molecule has 2 aromatic rings. The number of aromatic nitrogens is 2. The van der Waals surface area contributed by atoms with Crippen molar-refractivity contribution in [2.75, 3.05) is 18.0 Å². The van der Waals surface area contributed by atoms with Gasteiger partial charge in [-0.3, -0.25) is 9.20 Å². The minimum atomic E-state index is -0.759. The van der Waals surface area contributed by atoms with Crippen LogP contribution in [0.25, 0.3) is 5.65 Å². The number of imide groups is 1. The number of nitrogens with one attached hydrogen (secondary N) is 2. The first-order chi connectivity index (χ1) is 10.2. The molecular weight excluding hydrogens is 270 g/mol. The average molecular weight is 285 g/mol. The highest BCUT2D eigenvalue weighted by Crippen LogP contribution is 2.30. The molecule has 2 aliphatic rings. The molecular formula is C14H15N5O2. The molecule has 7 heteroatoms. The van der Waals surface area contributed by atoms with Crippen molar-refractivity contribution in [3.05, 3.63) is 30.6 Å². The van der Waals surface area contributed by atoms with E-state index in [-0.39, 0.29) is 11.9 Å². The van der Waals surface area contributed by atoms with Gasteiger partial charge in [0.05, 0.1) is 0 Å². The molecule has 1 spiro atoms. The lowest BCUT2D eigenvalue weighted by Gasteiger charge is -2.31. The summed E-state index contributed by atoms with van der Waals surface area (Å²) >= 11 is 0. The zero-order chi connectivity index (χ0) is 14.4. The molecule has 7 nitrogen and oxygen atoms in total. The van der Waals surface area contributed by atoms with Crippen LogP contribution in [0.4, 0.5) is 10.6 Å². The van der Waals surface area contributed by atoms with Gasteiger partial charge >= 0.3 is 6.03 Å². The van der Waals surface area contributed by atoms with Gasteiger partial charge in [-0.05, 0) is 38.1 Å². The van der Waals surface area contributed by atoms with Gasteiger partial charge in [-0.2, -0.15) is 0 Å². The predicted octanol–water partition coefficient (Wildman–Crippen LogP) is 0.513. The average Bonchev–Trinajstić information content (AvgIpc) is 3.05. The van der Waals surface area contributed by atoms with Crippen LogP contribution in [0.15, 0.2) is 30.6 Å². The van der Waals surface area contributed by atoms with E-state index in [4.69, 9.17) is 0 Å². The number of fused-ring (bicyclic) bond motifs is 1. The lowest BCUT2D eigenvalue weighted by atomic mass is 9.88. The third-order valence-corrected chi connectivity index (χ3v) is 4.25. The number of carbonyl (C=O) groups is 2. The van der Waals surface area contributed by atoms with E-state index in [1.807, 2.05) is 6.07 Å². The first-order valence-corrected chi connectivity index (χ1v) is 7.01. The molecule has 108 valence electrons. The van der Waals surface area contributed by atoms with Gasteiger partial charge in [0.25, 0.3) is 5.91 Å². The second-order valence-electron chi connectivity index (χ2n) is 5.44. The smallest absolute Gasteiger partial charge is 0.323 e. The number of urea groups is 1. The number of nitrogens with zero attached hydrogens (tertiary/aromatic N) is 3. The molecule has 3 amide bonds. The molecule has 21 heavy (non-hydrogen) atoms. The van der Waals surface area contributed by atoms with E-state index in [2.05, 4.69) is 15.6 Å². The van der Waals surface area contributed by atoms with E-state index in [1.54, 1.807) is 28.9 Å². The Bertz CT molecular complexity index is 732. The highest BCUT2D eigenvalue weighted by molar-refractivity contribution is 6.23. The first-order valence-electron chi connectivity index (χ1n) is 7.01. The molecule has 2 N–H and O–H groups in total. The van der Waals surface area contributed by atoms with Gasteiger partial charge in [0.1, 0.15) is 17.0 Å². The van der Waals surface area contributed by atoms with Gasteiger partial charge in [-0.25, -0.2) is 14.7 Å². The van der Waals surface area contributed by atoms with Gasteiger partial charge < -0.3 is 10.6 Å². The molecule has 2 saturated heterocycles. The van der Waals surface area contributed by atoms with Crippen molar-refractivity contribution in [1.29, 1.82) is 0 Å². The Morgan fingerprint density at radius 3 is 2.81 bits per heavy atom. The molecule has 0 radical (unpaired) electrons. The zero-order valence-electron chi connectivity index (χ0n) is 11.4. The van der Waals surface area contributed by atoms with Crippen LogP contribution in [-0.4, -0.2) is 40.0 Å². The van der Waals surface area contributed by atoms with Crippen molar-refractivity contribution < 1.29 is 9.59 Å². The van der Waals surface area contributed by atoms with Crippen LogP contribution in [0, 0.1) is 0 Å². The van der Waals surface area contributed by atoms with E-state index in [9.17, 15) is 9.59 Å². The molecule has 4 heterocycles. The topological polar surface area (TPSA) is 78.7 Å². The summed E-state index contributed by atoms with van der Waals surface area (Å²) in [7, 11) is 0. The van der Waals surface area contributed by atoms with Crippen molar-refractivity contribution in [1.82, 2.24) is 20.0 Å². The summed E-state index contributed by atoms with van der Waals surface area (Å²) in [6.07, 6.45) is 4.64. The van der Waals surface area contributed by atoms with Gasteiger partial charge in [0, 0.05) is 12.4 Å². The normalized spacial score (nSPS) is 21.2. The lowest BCUT2D eigenvalue weighted by Crippen LogP contribution is -2.54. The highest BCUT2D eigenvalue weighted by atomic mass is 16.2. The lowest BCUT2D eigenvalue weighted by molar-refractivity contribution is -0.123. The van der Waals surface area contributed by atoms with Gasteiger partial charge in [0.2, 0.25) is 0 Å². The molecule has 0 unspecified atom stereocenters. The van der Waals surface area contributed by atoms with Crippen molar-refractivity contribution in [3.8, 4) is 0 Å². The number of pyridine rings is 1. The van der Waals surface area contributed by atoms with Crippen molar-refractivity contribution in [2.24, 2.45) is 0 Å². The maximum Gasteiger partial charge on any atom is 0.330 e. The van der Waals surface area contributed by atoms with E-state index in [1.165, 1.54) is 4.90 Å². The van der Waals surface area contributed by atoms with E-state index < -0.39 is 5.54 Å². The third kappa shape index (κ3) is 1.67. The first kappa shape index (κ1) is 12.3. The summed E-state index contributed by atoms with van der Waals surface area (Å²) in [4.78, 5) is 30.6. The number of anilines is 1. The summed E-state index contributed by atoms with van der Waals surface area (Å²) in [5, 5.41) is 6.10. The minimum absolute atomic E-state index is 0.171. The number of piperidine rings is 1. The molecule has 0 atom stereocenters. The Kier molecular flexibility index (Phi) is 2.52. The number of hydrogen-bond acceptors (Lipinski definition) is 4. The van der Waals surface area contributed by atoms with E-state index >= 15 is 0 Å².